The third-order valence-electron chi connectivity index (χ3n) is 5.52. The predicted molar refractivity (Wildman–Crippen MR) is 127 cm³/mol. The number of rotatable bonds is 7. The summed E-state index contributed by atoms with van der Waals surface area (Å²) < 4.78 is 17.1. The van der Waals surface area contributed by atoms with Gasteiger partial charge in [-0.2, -0.15) is 0 Å². The van der Waals surface area contributed by atoms with E-state index in [1.807, 2.05) is 39.8 Å². The van der Waals surface area contributed by atoms with Gasteiger partial charge in [0.2, 0.25) is 0 Å². The van der Waals surface area contributed by atoms with Crippen molar-refractivity contribution < 1.29 is 28.9 Å². The molecule has 0 saturated carbocycles. The first-order valence-electron chi connectivity index (χ1n) is 11.0. The van der Waals surface area contributed by atoms with E-state index in [-0.39, 0.29) is 30.0 Å². The highest BCUT2D eigenvalue weighted by Gasteiger charge is 2.38. The Morgan fingerprint density at radius 1 is 1.24 bits per heavy atom. The summed E-state index contributed by atoms with van der Waals surface area (Å²) in [5.41, 5.74) is 0.844. The van der Waals surface area contributed by atoms with Gasteiger partial charge in [-0.3, -0.25) is 9.59 Å². The van der Waals surface area contributed by atoms with Crippen LogP contribution in [-0.4, -0.2) is 41.1 Å². The summed E-state index contributed by atoms with van der Waals surface area (Å²) >= 11 is 6.10. The molecule has 7 heteroatoms. The third kappa shape index (κ3) is 5.99. The van der Waals surface area contributed by atoms with Gasteiger partial charge < -0.3 is 19.3 Å². The molecule has 3 rings (SSSR count). The minimum atomic E-state index is -0.847. The van der Waals surface area contributed by atoms with Crippen molar-refractivity contribution in [2.75, 3.05) is 13.2 Å². The number of benzene rings is 2. The molecule has 0 amide bonds. The van der Waals surface area contributed by atoms with Crippen LogP contribution in [0.1, 0.15) is 62.5 Å². The normalized spacial score (nSPS) is 18.8. The molecule has 0 saturated heterocycles. The number of fused-ring (bicyclic) bond motifs is 1. The van der Waals surface area contributed by atoms with E-state index >= 15 is 0 Å². The summed E-state index contributed by atoms with van der Waals surface area (Å²) in [4.78, 5) is 24.5. The number of carbonyl (C=O) groups excluding carboxylic acids is 2. The highest BCUT2D eigenvalue weighted by Crippen LogP contribution is 2.41. The predicted octanol–water partition coefficient (Wildman–Crippen LogP) is 5.21. The third-order valence-corrected chi connectivity index (χ3v) is 5.85. The van der Waals surface area contributed by atoms with E-state index in [1.54, 1.807) is 25.1 Å². The standard InChI is InChI=1S/C26H31ClO6/c1-6-31-24(30)20(27)11-16-7-9-17(10-8-16)32-15-26(5)14-22(29)18-12-21(28)19(25(2,3)4)13-23(18)33-26/h7-10,12-13,20,28H,6,11,14-15H2,1-5H3. The maximum absolute atomic E-state index is 12.8. The number of ketones is 1. The van der Waals surface area contributed by atoms with Gasteiger partial charge in [-0.25, -0.2) is 0 Å². The molecule has 0 aliphatic carbocycles. The number of hydrogen-bond donors (Lipinski definition) is 1. The second-order valence-corrected chi connectivity index (χ2v) is 10.2. The molecule has 1 aliphatic heterocycles. The minimum Gasteiger partial charge on any atom is -0.508 e. The Hall–Kier alpha value is -2.73. The molecule has 1 aliphatic rings. The number of esters is 1. The van der Waals surface area contributed by atoms with Gasteiger partial charge in [-0.15, -0.1) is 11.6 Å². The number of hydrogen-bond acceptors (Lipinski definition) is 6. The summed E-state index contributed by atoms with van der Waals surface area (Å²) in [5.74, 6) is 0.642. The van der Waals surface area contributed by atoms with Crippen LogP contribution in [0.2, 0.25) is 0 Å². The average molecular weight is 475 g/mol. The molecule has 0 aromatic heterocycles. The fourth-order valence-corrected chi connectivity index (χ4v) is 4.01. The second-order valence-electron chi connectivity index (χ2n) is 9.62. The topological polar surface area (TPSA) is 82.1 Å². The van der Waals surface area contributed by atoms with Gasteiger partial charge in [0, 0.05) is 5.56 Å². The molecule has 2 aromatic carbocycles. The second kappa shape index (κ2) is 9.64. The molecular weight excluding hydrogens is 444 g/mol. The SMILES string of the molecule is CCOC(=O)C(Cl)Cc1ccc(OCC2(C)CC(=O)c3cc(O)c(C(C)(C)C)cc3O2)cc1. The van der Waals surface area contributed by atoms with Crippen LogP contribution in [0.4, 0.5) is 0 Å². The Balaban J connectivity index is 1.67. The average Bonchev–Trinajstić information content (AvgIpc) is 2.73. The highest BCUT2D eigenvalue weighted by atomic mass is 35.5. The van der Waals surface area contributed by atoms with Gasteiger partial charge >= 0.3 is 5.97 Å². The molecule has 178 valence electrons. The Morgan fingerprint density at radius 2 is 1.91 bits per heavy atom. The number of ether oxygens (including phenoxy) is 3. The van der Waals surface area contributed by atoms with Gasteiger partial charge in [-0.1, -0.05) is 32.9 Å². The molecule has 2 atom stereocenters. The summed E-state index contributed by atoms with van der Waals surface area (Å²) in [5, 5.41) is 9.63. The zero-order chi connectivity index (χ0) is 24.4. The summed E-state index contributed by atoms with van der Waals surface area (Å²) in [6.07, 6.45) is 0.496. The van der Waals surface area contributed by atoms with Crippen LogP contribution in [-0.2, 0) is 21.4 Å². The first kappa shape index (κ1) is 24.9. The fourth-order valence-electron chi connectivity index (χ4n) is 3.77. The molecule has 0 spiro atoms. The van der Waals surface area contributed by atoms with Crippen LogP contribution in [0.15, 0.2) is 36.4 Å². The zero-order valence-electron chi connectivity index (χ0n) is 19.7. The van der Waals surface area contributed by atoms with Crippen molar-refractivity contribution in [2.45, 2.75) is 63.9 Å². The van der Waals surface area contributed by atoms with Crippen molar-refractivity contribution in [1.29, 1.82) is 0 Å². The van der Waals surface area contributed by atoms with Crippen LogP contribution in [0.25, 0.3) is 0 Å². The van der Waals surface area contributed by atoms with E-state index in [0.29, 0.717) is 30.1 Å². The summed E-state index contributed by atoms with van der Waals surface area (Å²) in [6, 6.07) is 10.5. The Labute approximate surface area is 199 Å². The number of aromatic hydroxyl groups is 1. The van der Waals surface area contributed by atoms with Crippen molar-refractivity contribution in [1.82, 2.24) is 0 Å². The van der Waals surface area contributed by atoms with Crippen molar-refractivity contribution in [3.05, 3.63) is 53.1 Å². The molecule has 0 radical (unpaired) electrons. The first-order valence-corrected chi connectivity index (χ1v) is 11.5. The van der Waals surface area contributed by atoms with E-state index in [9.17, 15) is 14.7 Å². The van der Waals surface area contributed by atoms with Crippen LogP contribution >= 0.6 is 11.6 Å². The van der Waals surface area contributed by atoms with Gasteiger partial charge in [-0.05, 0) is 55.5 Å². The quantitative estimate of drug-likeness (QED) is 0.438. The Kier molecular flexibility index (Phi) is 7.27. The van der Waals surface area contributed by atoms with Crippen molar-refractivity contribution >= 4 is 23.4 Å². The minimum absolute atomic E-state index is 0.0967. The van der Waals surface area contributed by atoms with Crippen LogP contribution in [0.3, 0.4) is 0 Å². The monoisotopic (exact) mass is 474 g/mol. The molecular formula is C26H31ClO6. The summed E-state index contributed by atoms with van der Waals surface area (Å²) in [6.45, 7) is 10.0. The molecule has 1 heterocycles. The van der Waals surface area contributed by atoms with Crippen LogP contribution in [0, 0.1) is 0 Å². The Bertz CT molecular complexity index is 1020. The van der Waals surface area contributed by atoms with E-state index in [4.69, 9.17) is 25.8 Å². The molecule has 6 nitrogen and oxygen atoms in total. The molecule has 33 heavy (non-hydrogen) atoms. The van der Waals surface area contributed by atoms with Crippen LogP contribution in [0.5, 0.6) is 17.2 Å². The fraction of sp³-hybridized carbons (Fsp3) is 0.462. The van der Waals surface area contributed by atoms with Crippen molar-refractivity contribution in [3.63, 3.8) is 0 Å². The van der Waals surface area contributed by atoms with E-state index < -0.39 is 16.9 Å². The first-order chi connectivity index (χ1) is 15.4. The molecule has 1 N–H and O–H groups in total. The van der Waals surface area contributed by atoms with Gasteiger partial charge in [0.15, 0.2) is 5.78 Å². The van der Waals surface area contributed by atoms with Crippen molar-refractivity contribution in [3.8, 4) is 17.2 Å². The maximum Gasteiger partial charge on any atom is 0.324 e. The van der Waals surface area contributed by atoms with E-state index in [2.05, 4.69) is 0 Å². The van der Waals surface area contributed by atoms with E-state index in [0.717, 1.165) is 11.1 Å². The number of phenols is 1. The number of Topliss-reactive ketones (excluding diaryl/α,β-unsaturated/α-hetero) is 1. The number of phenolic OH excluding ortho intramolecular Hbond substituents is 1. The Morgan fingerprint density at radius 3 is 2.52 bits per heavy atom. The lowest BCUT2D eigenvalue weighted by molar-refractivity contribution is -0.142. The lowest BCUT2D eigenvalue weighted by Gasteiger charge is -2.35. The lowest BCUT2D eigenvalue weighted by atomic mass is 9.83. The molecule has 2 unspecified atom stereocenters. The number of alkyl halides is 1. The van der Waals surface area contributed by atoms with Crippen molar-refractivity contribution in [2.24, 2.45) is 0 Å². The molecule has 0 bridgehead atoms. The maximum atomic E-state index is 12.8. The largest absolute Gasteiger partial charge is 0.508 e. The van der Waals surface area contributed by atoms with Crippen LogP contribution < -0.4 is 9.47 Å². The van der Waals surface area contributed by atoms with E-state index in [1.165, 1.54) is 6.07 Å². The number of halogens is 1. The zero-order valence-corrected chi connectivity index (χ0v) is 20.5. The number of carbonyl (C=O) groups is 2. The van der Waals surface area contributed by atoms with Gasteiger partial charge in [0.1, 0.15) is 34.8 Å². The molecule has 0 fully saturated rings. The molecule has 2 aromatic rings. The highest BCUT2D eigenvalue weighted by molar-refractivity contribution is 6.30. The smallest absolute Gasteiger partial charge is 0.324 e. The van der Waals surface area contributed by atoms with Gasteiger partial charge in [0.05, 0.1) is 18.6 Å². The summed E-state index contributed by atoms with van der Waals surface area (Å²) in [7, 11) is 0. The lowest BCUT2D eigenvalue weighted by Crippen LogP contribution is -2.44. The van der Waals surface area contributed by atoms with Gasteiger partial charge in [0.25, 0.3) is 0 Å².